The van der Waals surface area contributed by atoms with E-state index in [-0.39, 0.29) is 23.4 Å². The van der Waals surface area contributed by atoms with Crippen LogP contribution in [0.5, 0.6) is 0 Å². The van der Waals surface area contributed by atoms with Gasteiger partial charge in [-0.15, -0.1) is 0 Å². The van der Waals surface area contributed by atoms with Gasteiger partial charge >= 0.3 is 0 Å². The average molecular weight is 180 g/mol. The van der Waals surface area contributed by atoms with E-state index in [1.807, 2.05) is 0 Å². The predicted molar refractivity (Wildman–Crippen MR) is 49.3 cm³/mol. The van der Waals surface area contributed by atoms with Crippen LogP contribution >= 0.6 is 0 Å². The molecule has 72 valence electrons. The molecule has 2 saturated carbocycles. The summed E-state index contributed by atoms with van der Waals surface area (Å²) in [5.74, 6) is 0.487. The van der Waals surface area contributed by atoms with Gasteiger partial charge in [0.15, 0.2) is 0 Å². The lowest BCUT2D eigenvalue weighted by molar-refractivity contribution is -0.139. The lowest BCUT2D eigenvalue weighted by Gasteiger charge is -2.28. The fraction of sp³-hybridized carbons (Fsp3) is 0.818. The summed E-state index contributed by atoms with van der Waals surface area (Å²) in [6.45, 7) is 0. The summed E-state index contributed by atoms with van der Waals surface area (Å²) in [5, 5.41) is 0. The van der Waals surface area contributed by atoms with Crippen molar-refractivity contribution in [2.24, 2.45) is 11.8 Å². The van der Waals surface area contributed by atoms with Crippen LogP contribution in [-0.2, 0) is 9.59 Å². The molecule has 2 atom stereocenters. The smallest absolute Gasteiger partial charge is 0.146 e. The molecule has 0 aromatic carbocycles. The van der Waals surface area contributed by atoms with Crippen LogP contribution in [0.25, 0.3) is 0 Å². The minimum atomic E-state index is -0.209. The first-order valence-electron chi connectivity index (χ1n) is 5.35. The quantitative estimate of drug-likeness (QED) is 0.535. The van der Waals surface area contributed by atoms with Gasteiger partial charge < -0.3 is 0 Å². The first kappa shape index (κ1) is 8.92. The van der Waals surface area contributed by atoms with E-state index < -0.39 is 0 Å². The largest absolute Gasteiger partial charge is 0.299 e. The van der Waals surface area contributed by atoms with Crippen molar-refractivity contribution in [3.8, 4) is 0 Å². The number of hydrogen-bond acceptors (Lipinski definition) is 2. The second kappa shape index (κ2) is 3.60. The van der Waals surface area contributed by atoms with Gasteiger partial charge in [0.05, 0.1) is 5.92 Å². The summed E-state index contributed by atoms with van der Waals surface area (Å²) < 4.78 is 0. The lowest BCUT2D eigenvalue weighted by atomic mass is 9.73. The van der Waals surface area contributed by atoms with Gasteiger partial charge in [0.25, 0.3) is 0 Å². The molecule has 2 rings (SSSR count). The highest BCUT2D eigenvalue weighted by atomic mass is 16.2. The Morgan fingerprint density at radius 2 is 1.69 bits per heavy atom. The number of hydrogen-bond donors (Lipinski definition) is 0. The molecule has 0 N–H and O–H groups in total. The van der Waals surface area contributed by atoms with Gasteiger partial charge in [0.1, 0.15) is 11.6 Å². The van der Waals surface area contributed by atoms with Crippen LogP contribution in [0.2, 0.25) is 0 Å². The van der Waals surface area contributed by atoms with E-state index in [9.17, 15) is 9.59 Å². The molecule has 13 heavy (non-hydrogen) atoms. The van der Waals surface area contributed by atoms with Gasteiger partial charge in [-0.3, -0.25) is 9.59 Å². The Morgan fingerprint density at radius 3 is 2.54 bits per heavy atom. The maximum atomic E-state index is 11.8. The van der Waals surface area contributed by atoms with E-state index in [4.69, 9.17) is 0 Å². The third-order valence-electron chi connectivity index (χ3n) is 3.42. The van der Waals surface area contributed by atoms with Crippen LogP contribution in [-0.4, -0.2) is 11.6 Å². The van der Waals surface area contributed by atoms with Crippen molar-refractivity contribution in [1.29, 1.82) is 0 Å². The number of Topliss-reactive ketones (excluding diaryl/α,β-unsaturated/α-hetero) is 2. The zero-order chi connectivity index (χ0) is 9.26. The average Bonchev–Trinajstić information content (AvgIpc) is 2.11. The van der Waals surface area contributed by atoms with E-state index in [1.165, 1.54) is 12.8 Å². The zero-order valence-corrected chi connectivity index (χ0v) is 7.92. The molecule has 0 heterocycles. The molecule has 2 heteroatoms. The summed E-state index contributed by atoms with van der Waals surface area (Å²) in [4.78, 5) is 23.2. The molecule has 0 aromatic rings. The van der Waals surface area contributed by atoms with Crippen molar-refractivity contribution in [1.82, 2.24) is 0 Å². The van der Waals surface area contributed by atoms with Crippen molar-refractivity contribution < 1.29 is 9.59 Å². The third-order valence-corrected chi connectivity index (χ3v) is 3.42. The van der Waals surface area contributed by atoms with Gasteiger partial charge in [-0.1, -0.05) is 19.3 Å². The fourth-order valence-electron chi connectivity index (χ4n) is 2.58. The van der Waals surface area contributed by atoms with Crippen LogP contribution < -0.4 is 0 Å². The van der Waals surface area contributed by atoms with E-state index in [1.54, 1.807) is 0 Å². The maximum absolute atomic E-state index is 11.8. The second-order valence-electron chi connectivity index (χ2n) is 4.29. The number of fused-ring (bicyclic) bond motifs is 2. The Kier molecular flexibility index (Phi) is 2.47. The first-order chi connectivity index (χ1) is 6.29. The van der Waals surface area contributed by atoms with E-state index >= 15 is 0 Å². The van der Waals surface area contributed by atoms with Gasteiger partial charge in [-0.05, 0) is 19.3 Å². The normalized spacial score (nSPS) is 35.4. The summed E-state index contributed by atoms with van der Waals surface area (Å²) in [6, 6.07) is 0. The Labute approximate surface area is 78.7 Å². The molecule has 0 spiro atoms. The van der Waals surface area contributed by atoms with E-state index in [0.717, 1.165) is 25.7 Å². The molecule has 2 bridgehead atoms. The van der Waals surface area contributed by atoms with Crippen molar-refractivity contribution in [2.45, 2.75) is 44.9 Å². The van der Waals surface area contributed by atoms with Crippen molar-refractivity contribution in [2.75, 3.05) is 0 Å². The van der Waals surface area contributed by atoms with Crippen LogP contribution in [0.15, 0.2) is 0 Å². The number of ketones is 2. The van der Waals surface area contributed by atoms with Gasteiger partial charge in [0, 0.05) is 12.3 Å². The number of rotatable bonds is 0. The summed E-state index contributed by atoms with van der Waals surface area (Å²) in [5.41, 5.74) is 0. The molecule has 0 radical (unpaired) electrons. The molecule has 2 aliphatic rings. The van der Waals surface area contributed by atoms with Crippen molar-refractivity contribution in [3.63, 3.8) is 0 Å². The minimum absolute atomic E-state index is 0.209. The molecule has 2 aliphatic carbocycles. The molecular weight excluding hydrogens is 164 g/mol. The van der Waals surface area contributed by atoms with Crippen LogP contribution in [0.1, 0.15) is 44.9 Å². The lowest BCUT2D eigenvalue weighted by Crippen LogP contribution is -2.36. The monoisotopic (exact) mass is 180 g/mol. The first-order valence-corrected chi connectivity index (χ1v) is 5.35. The minimum Gasteiger partial charge on any atom is -0.299 e. The van der Waals surface area contributed by atoms with Crippen molar-refractivity contribution in [3.05, 3.63) is 0 Å². The van der Waals surface area contributed by atoms with E-state index in [2.05, 4.69) is 0 Å². The van der Waals surface area contributed by atoms with Crippen LogP contribution in [0.4, 0.5) is 0 Å². The second-order valence-corrected chi connectivity index (χ2v) is 4.29. The topological polar surface area (TPSA) is 34.1 Å². The van der Waals surface area contributed by atoms with E-state index in [0.29, 0.717) is 6.42 Å². The molecule has 2 fully saturated rings. The molecule has 0 aliphatic heterocycles. The molecular formula is C11H16O2. The Balaban J connectivity index is 2.15. The Bertz CT molecular complexity index is 232. The Morgan fingerprint density at radius 1 is 0.923 bits per heavy atom. The maximum Gasteiger partial charge on any atom is 0.146 e. The number of carbonyl (C=O) groups is 2. The fourth-order valence-corrected chi connectivity index (χ4v) is 2.58. The van der Waals surface area contributed by atoms with Gasteiger partial charge in [-0.2, -0.15) is 0 Å². The number of carbonyl (C=O) groups excluding carboxylic acids is 2. The highest BCUT2D eigenvalue weighted by molar-refractivity contribution is 6.05. The highest BCUT2D eigenvalue weighted by Gasteiger charge is 2.36. The van der Waals surface area contributed by atoms with Gasteiger partial charge in [0.2, 0.25) is 0 Å². The summed E-state index contributed by atoms with van der Waals surface area (Å²) in [6.07, 6.45) is 6.78. The summed E-state index contributed by atoms with van der Waals surface area (Å²) in [7, 11) is 0. The molecule has 0 amide bonds. The molecule has 0 saturated heterocycles. The van der Waals surface area contributed by atoms with Crippen LogP contribution in [0.3, 0.4) is 0 Å². The molecule has 2 nitrogen and oxygen atoms in total. The molecule has 2 unspecified atom stereocenters. The predicted octanol–water partition coefficient (Wildman–Crippen LogP) is 2.11. The molecule has 0 aromatic heterocycles. The van der Waals surface area contributed by atoms with Gasteiger partial charge in [-0.25, -0.2) is 0 Å². The summed E-state index contributed by atoms with van der Waals surface area (Å²) >= 11 is 0. The highest BCUT2D eigenvalue weighted by Crippen LogP contribution is 2.32. The van der Waals surface area contributed by atoms with Crippen molar-refractivity contribution >= 4 is 11.6 Å². The van der Waals surface area contributed by atoms with Crippen LogP contribution in [0, 0.1) is 11.8 Å². The third kappa shape index (κ3) is 1.67. The Hall–Kier alpha value is -0.660. The SMILES string of the molecule is O=C1CCC2CCCCCC1C2=O. The zero-order valence-electron chi connectivity index (χ0n) is 7.92. The standard InChI is InChI=1S/C11H16O2/c12-10-7-6-8-4-2-1-3-5-9(10)11(8)13/h8-9H,1-7H2.